The van der Waals surface area contributed by atoms with Crippen LogP contribution in [0.2, 0.25) is 0 Å². The molecule has 218 valence electrons. The molecule has 0 spiro atoms. The Morgan fingerprint density at radius 2 is 1.79 bits per heavy atom. The molecule has 4 aromatic rings. The number of Topliss-reactive ketones (excluding diaryl/α,β-unsaturated/α-hetero) is 1. The van der Waals surface area contributed by atoms with E-state index in [1.807, 2.05) is 38.1 Å². The van der Waals surface area contributed by atoms with Gasteiger partial charge >= 0.3 is 11.9 Å². The SMILES string of the molecule is COC(=O)c1ccc([C@@H]2/C(=C(\O)c3ccc4c(c3)C[C@H](C)O4)C(=O)C(=O)N2c2nnc(SCc3ccc(C)cc3)s2)cc1. The Hall–Kier alpha value is -4.48. The molecule has 1 fully saturated rings. The predicted octanol–water partition coefficient (Wildman–Crippen LogP) is 5.88. The number of aliphatic hydroxyl groups excluding tert-OH is 1. The lowest BCUT2D eigenvalue weighted by Crippen LogP contribution is -2.29. The van der Waals surface area contributed by atoms with Crippen LogP contribution in [0.1, 0.15) is 51.1 Å². The van der Waals surface area contributed by atoms with Crippen LogP contribution < -0.4 is 9.64 Å². The van der Waals surface area contributed by atoms with Crippen molar-refractivity contribution in [2.24, 2.45) is 0 Å². The van der Waals surface area contributed by atoms with Crippen molar-refractivity contribution in [2.75, 3.05) is 12.0 Å². The topological polar surface area (TPSA) is 119 Å². The number of carbonyl (C=O) groups is 3. The zero-order valence-electron chi connectivity index (χ0n) is 23.6. The molecule has 1 N–H and O–H groups in total. The third kappa shape index (κ3) is 5.53. The van der Waals surface area contributed by atoms with Gasteiger partial charge in [0, 0.05) is 17.7 Å². The average molecular weight is 614 g/mol. The Bertz CT molecular complexity index is 1760. The van der Waals surface area contributed by atoms with E-state index < -0.39 is 23.7 Å². The highest BCUT2D eigenvalue weighted by atomic mass is 32.2. The number of benzene rings is 3. The normalized spacial score (nSPS) is 18.9. The summed E-state index contributed by atoms with van der Waals surface area (Å²) in [7, 11) is 1.29. The van der Waals surface area contributed by atoms with E-state index in [0.717, 1.165) is 16.9 Å². The maximum absolute atomic E-state index is 13.6. The van der Waals surface area contributed by atoms with Crippen LogP contribution in [-0.4, -0.2) is 46.2 Å². The molecule has 0 aliphatic carbocycles. The summed E-state index contributed by atoms with van der Waals surface area (Å²) in [6, 6.07) is 18.8. The average Bonchev–Trinajstić information content (AvgIpc) is 3.71. The van der Waals surface area contributed by atoms with Crippen LogP contribution in [-0.2, 0) is 26.5 Å². The molecule has 0 saturated carbocycles. The lowest BCUT2D eigenvalue weighted by Gasteiger charge is -2.22. The minimum Gasteiger partial charge on any atom is -0.507 e. The first-order valence-electron chi connectivity index (χ1n) is 13.5. The number of ether oxygens (including phenoxy) is 2. The molecule has 6 rings (SSSR count). The predicted molar refractivity (Wildman–Crippen MR) is 163 cm³/mol. The number of rotatable bonds is 7. The van der Waals surface area contributed by atoms with Gasteiger partial charge in [-0.1, -0.05) is 65.1 Å². The number of hydrogen-bond acceptors (Lipinski definition) is 10. The van der Waals surface area contributed by atoms with Gasteiger partial charge < -0.3 is 14.6 Å². The van der Waals surface area contributed by atoms with Crippen molar-refractivity contribution in [1.82, 2.24) is 10.2 Å². The van der Waals surface area contributed by atoms with Gasteiger partial charge in [0.2, 0.25) is 5.13 Å². The summed E-state index contributed by atoms with van der Waals surface area (Å²) in [6.07, 6.45) is 0.665. The summed E-state index contributed by atoms with van der Waals surface area (Å²) < 4.78 is 11.2. The maximum Gasteiger partial charge on any atom is 0.337 e. The molecule has 2 aliphatic rings. The third-order valence-electron chi connectivity index (χ3n) is 7.35. The van der Waals surface area contributed by atoms with Gasteiger partial charge in [0.25, 0.3) is 5.78 Å². The smallest absolute Gasteiger partial charge is 0.337 e. The van der Waals surface area contributed by atoms with Crippen LogP contribution in [0.5, 0.6) is 5.75 Å². The minimum absolute atomic E-state index is 0.00165. The number of ketones is 1. The molecule has 43 heavy (non-hydrogen) atoms. The lowest BCUT2D eigenvalue weighted by molar-refractivity contribution is -0.132. The monoisotopic (exact) mass is 613 g/mol. The summed E-state index contributed by atoms with van der Waals surface area (Å²) in [5.41, 5.74) is 4.34. The molecule has 9 nitrogen and oxygen atoms in total. The number of amides is 1. The van der Waals surface area contributed by atoms with Crippen LogP contribution >= 0.6 is 23.1 Å². The number of hydrogen-bond donors (Lipinski definition) is 1. The quantitative estimate of drug-likeness (QED) is 0.0681. The lowest BCUT2D eigenvalue weighted by atomic mass is 9.94. The first-order chi connectivity index (χ1) is 20.7. The number of carbonyl (C=O) groups excluding carboxylic acids is 3. The van der Waals surface area contributed by atoms with E-state index in [0.29, 0.717) is 33.2 Å². The Balaban J connectivity index is 1.39. The van der Waals surface area contributed by atoms with E-state index in [-0.39, 0.29) is 22.6 Å². The van der Waals surface area contributed by atoms with Gasteiger partial charge in [0.1, 0.15) is 17.6 Å². The van der Waals surface area contributed by atoms with Crippen LogP contribution in [0.4, 0.5) is 5.13 Å². The van der Waals surface area contributed by atoms with Gasteiger partial charge in [-0.25, -0.2) is 4.79 Å². The number of aryl methyl sites for hydroxylation is 1. The number of esters is 1. The summed E-state index contributed by atoms with van der Waals surface area (Å²) in [4.78, 5) is 40.5. The fourth-order valence-corrected chi connectivity index (χ4v) is 7.00. The standard InChI is InChI=1S/C32H27N3O6S2/c1-17-4-6-19(7-5-17)16-42-32-34-33-31(43-32)35-26(20-8-10-21(11-9-20)30(39)40-3)25(28(37)29(35)38)27(36)22-12-13-24-23(15-22)14-18(2)41-24/h4-13,15,18,26,36H,14,16H2,1-3H3/b27-25+/t18-,26+/m0/s1. The van der Waals surface area contributed by atoms with E-state index in [4.69, 9.17) is 9.47 Å². The van der Waals surface area contributed by atoms with Crippen molar-refractivity contribution >= 4 is 51.6 Å². The zero-order chi connectivity index (χ0) is 30.2. The number of anilines is 1. The molecular formula is C32H27N3O6S2. The summed E-state index contributed by atoms with van der Waals surface area (Å²) in [5, 5.41) is 20.3. The van der Waals surface area contributed by atoms with E-state index in [1.165, 1.54) is 40.7 Å². The maximum atomic E-state index is 13.6. The first-order valence-corrected chi connectivity index (χ1v) is 15.3. The highest BCUT2D eigenvalue weighted by Gasteiger charge is 2.48. The molecule has 3 heterocycles. The Morgan fingerprint density at radius 3 is 2.51 bits per heavy atom. The largest absolute Gasteiger partial charge is 0.507 e. The Morgan fingerprint density at radius 1 is 1.07 bits per heavy atom. The van der Waals surface area contributed by atoms with E-state index >= 15 is 0 Å². The van der Waals surface area contributed by atoms with Crippen molar-refractivity contribution in [2.45, 2.75) is 42.5 Å². The molecule has 0 radical (unpaired) electrons. The van der Waals surface area contributed by atoms with Crippen LogP contribution in [0.15, 0.2) is 76.6 Å². The van der Waals surface area contributed by atoms with E-state index in [2.05, 4.69) is 10.2 Å². The number of methoxy groups -OCH3 is 1. The summed E-state index contributed by atoms with van der Waals surface area (Å²) in [6.45, 7) is 3.99. The molecule has 11 heteroatoms. The highest BCUT2D eigenvalue weighted by molar-refractivity contribution is 8.00. The van der Waals surface area contributed by atoms with E-state index in [9.17, 15) is 19.5 Å². The fourth-order valence-electron chi connectivity index (χ4n) is 5.18. The second kappa shape index (κ2) is 11.7. The molecular weight excluding hydrogens is 587 g/mol. The Kier molecular flexibility index (Phi) is 7.76. The fraction of sp³-hybridized carbons (Fsp3) is 0.219. The molecule has 2 atom stereocenters. The zero-order valence-corrected chi connectivity index (χ0v) is 25.2. The van der Waals surface area contributed by atoms with Gasteiger partial charge in [0.15, 0.2) is 4.34 Å². The molecule has 0 unspecified atom stereocenters. The summed E-state index contributed by atoms with van der Waals surface area (Å²) in [5.74, 6) is -1.10. The van der Waals surface area contributed by atoms with Crippen molar-refractivity contribution < 1.29 is 29.0 Å². The second-order valence-electron chi connectivity index (χ2n) is 10.4. The number of nitrogens with zero attached hydrogens (tertiary/aromatic N) is 3. The number of aliphatic hydroxyl groups is 1. The number of thioether (sulfide) groups is 1. The van der Waals surface area contributed by atoms with Gasteiger partial charge in [-0.2, -0.15) is 0 Å². The molecule has 2 aliphatic heterocycles. The minimum atomic E-state index is -1.00. The van der Waals surface area contributed by atoms with Crippen LogP contribution in [0, 0.1) is 6.92 Å². The van der Waals surface area contributed by atoms with Crippen molar-refractivity contribution in [3.63, 3.8) is 0 Å². The number of aromatic nitrogens is 2. The van der Waals surface area contributed by atoms with Crippen molar-refractivity contribution in [3.8, 4) is 5.75 Å². The van der Waals surface area contributed by atoms with Gasteiger partial charge in [-0.15, -0.1) is 10.2 Å². The van der Waals surface area contributed by atoms with Gasteiger partial charge in [0.05, 0.1) is 24.3 Å². The van der Waals surface area contributed by atoms with Crippen LogP contribution in [0.3, 0.4) is 0 Å². The molecule has 0 bridgehead atoms. The molecule has 1 saturated heterocycles. The van der Waals surface area contributed by atoms with Gasteiger partial charge in [-0.05, 0) is 60.9 Å². The molecule has 3 aromatic carbocycles. The van der Waals surface area contributed by atoms with Crippen molar-refractivity contribution in [1.29, 1.82) is 0 Å². The second-order valence-corrected chi connectivity index (χ2v) is 12.5. The van der Waals surface area contributed by atoms with Gasteiger partial charge in [-0.3, -0.25) is 14.5 Å². The third-order valence-corrected chi connectivity index (χ3v) is 9.47. The Labute approximate surface area is 256 Å². The van der Waals surface area contributed by atoms with Crippen molar-refractivity contribution in [3.05, 3.63) is 106 Å². The highest BCUT2D eigenvalue weighted by Crippen LogP contribution is 2.44. The van der Waals surface area contributed by atoms with Crippen LogP contribution in [0.25, 0.3) is 5.76 Å². The molecule has 1 amide bonds. The molecule has 1 aromatic heterocycles. The summed E-state index contributed by atoms with van der Waals surface area (Å²) >= 11 is 2.67. The van der Waals surface area contributed by atoms with E-state index in [1.54, 1.807) is 42.5 Å². The first kappa shape index (κ1) is 28.6. The number of fused-ring (bicyclic) bond motifs is 1.